The summed E-state index contributed by atoms with van der Waals surface area (Å²) < 4.78 is 12.7. The number of fused-ring (bicyclic) bond motifs is 3. The van der Waals surface area contributed by atoms with Gasteiger partial charge in [0.1, 0.15) is 24.7 Å². The highest BCUT2D eigenvalue weighted by atomic mass is 16.5. The number of rotatable bonds is 7. The Balaban J connectivity index is 1.30. The van der Waals surface area contributed by atoms with E-state index in [1.807, 2.05) is 24.3 Å². The van der Waals surface area contributed by atoms with Crippen LogP contribution in [0.2, 0.25) is 0 Å². The molecule has 0 bridgehead atoms. The second kappa shape index (κ2) is 9.71. The molecule has 0 amide bonds. The Kier molecular flexibility index (Phi) is 5.98. The number of nitrogens with one attached hydrogen (secondary N) is 1. The molecule has 2 aliphatic rings. The van der Waals surface area contributed by atoms with Crippen LogP contribution >= 0.6 is 0 Å². The van der Waals surface area contributed by atoms with Crippen molar-refractivity contribution < 1.29 is 9.47 Å². The molecule has 1 N–H and O–H groups in total. The summed E-state index contributed by atoms with van der Waals surface area (Å²) >= 11 is 0. The molecule has 0 saturated carbocycles. The van der Waals surface area contributed by atoms with Crippen molar-refractivity contribution in [3.05, 3.63) is 138 Å². The molecule has 0 radical (unpaired) electrons. The molecule has 3 heteroatoms. The van der Waals surface area contributed by atoms with E-state index in [-0.39, 0.29) is 6.04 Å². The van der Waals surface area contributed by atoms with E-state index in [0.29, 0.717) is 25.0 Å². The van der Waals surface area contributed by atoms with Gasteiger partial charge < -0.3 is 14.8 Å². The van der Waals surface area contributed by atoms with Crippen LogP contribution in [0.4, 0.5) is 5.69 Å². The van der Waals surface area contributed by atoms with Gasteiger partial charge in [0.15, 0.2) is 0 Å². The molecule has 1 aliphatic heterocycles. The monoisotopic (exact) mass is 459 g/mol. The zero-order valence-corrected chi connectivity index (χ0v) is 19.6. The van der Waals surface area contributed by atoms with Crippen LogP contribution in [0.1, 0.15) is 40.6 Å². The number of para-hydroxylation sites is 2. The van der Waals surface area contributed by atoms with E-state index >= 15 is 0 Å². The first-order valence-electron chi connectivity index (χ1n) is 12.4. The summed E-state index contributed by atoms with van der Waals surface area (Å²) in [4.78, 5) is 0. The Morgan fingerprint density at radius 2 is 1.23 bits per heavy atom. The van der Waals surface area contributed by atoms with Crippen LogP contribution in [0, 0.1) is 5.92 Å². The smallest absolute Gasteiger partial charge is 0.143 e. The van der Waals surface area contributed by atoms with Gasteiger partial charge in [-0.25, -0.2) is 0 Å². The van der Waals surface area contributed by atoms with Crippen LogP contribution in [0.3, 0.4) is 0 Å². The topological polar surface area (TPSA) is 30.5 Å². The largest absolute Gasteiger partial charge is 0.489 e. The predicted octanol–water partition coefficient (Wildman–Crippen LogP) is 7.67. The SMILES string of the molecule is C1=CC2c3cccc(OCc4ccccc4)c3NC(c3ccccc3OCc3ccccc3)C2C1. The molecule has 0 saturated heterocycles. The van der Waals surface area contributed by atoms with E-state index in [1.54, 1.807) is 0 Å². The van der Waals surface area contributed by atoms with Crippen molar-refractivity contribution in [2.45, 2.75) is 31.6 Å². The molecule has 3 atom stereocenters. The number of hydrogen-bond acceptors (Lipinski definition) is 3. The molecule has 0 spiro atoms. The second-order valence-electron chi connectivity index (χ2n) is 9.28. The number of benzene rings is 4. The molecule has 3 nitrogen and oxygen atoms in total. The molecule has 0 aromatic heterocycles. The van der Waals surface area contributed by atoms with Crippen LogP contribution in [-0.4, -0.2) is 0 Å². The number of ether oxygens (including phenoxy) is 2. The van der Waals surface area contributed by atoms with Crippen molar-refractivity contribution >= 4 is 5.69 Å². The molecule has 4 aromatic carbocycles. The van der Waals surface area contributed by atoms with E-state index in [9.17, 15) is 0 Å². The fourth-order valence-electron chi connectivity index (χ4n) is 5.36. The second-order valence-corrected chi connectivity index (χ2v) is 9.28. The molecule has 6 rings (SSSR count). The van der Waals surface area contributed by atoms with E-state index in [2.05, 4.69) is 96.3 Å². The Morgan fingerprint density at radius 3 is 1.97 bits per heavy atom. The molecule has 1 heterocycles. The third kappa shape index (κ3) is 4.42. The van der Waals surface area contributed by atoms with Crippen molar-refractivity contribution in [1.29, 1.82) is 0 Å². The van der Waals surface area contributed by atoms with Crippen LogP contribution in [0.15, 0.2) is 115 Å². The van der Waals surface area contributed by atoms with Crippen molar-refractivity contribution in [1.82, 2.24) is 0 Å². The summed E-state index contributed by atoms with van der Waals surface area (Å²) in [5.74, 6) is 2.63. The van der Waals surface area contributed by atoms with Gasteiger partial charge in [-0.2, -0.15) is 0 Å². The lowest BCUT2D eigenvalue weighted by Gasteiger charge is -2.38. The highest BCUT2D eigenvalue weighted by Gasteiger charge is 2.40. The Labute approximate surface area is 207 Å². The quantitative estimate of drug-likeness (QED) is 0.288. The van der Waals surface area contributed by atoms with Crippen LogP contribution in [0.25, 0.3) is 0 Å². The zero-order chi connectivity index (χ0) is 23.5. The minimum atomic E-state index is 0.135. The number of hydrogen-bond donors (Lipinski definition) is 1. The molecule has 1 aliphatic carbocycles. The first-order chi connectivity index (χ1) is 17.4. The highest BCUT2D eigenvalue weighted by molar-refractivity contribution is 5.68. The molecule has 174 valence electrons. The fraction of sp³-hybridized carbons (Fsp3) is 0.188. The molecular formula is C32H29NO2. The average Bonchev–Trinajstić information content (AvgIpc) is 3.42. The van der Waals surface area contributed by atoms with Gasteiger partial charge >= 0.3 is 0 Å². The first kappa shape index (κ1) is 21.5. The lowest BCUT2D eigenvalue weighted by atomic mass is 9.76. The molecular weight excluding hydrogens is 430 g/mol. The van der Waals surface area contributed by atoms with Crippen molar-refractivity contribution in [3.8, 4) is 11.5 Å². The van der Waals surface area contributed by atoms with E-state index < -0.39 is 0 Å². The Morgan fingerprint density at radius 1 is 0.629 bits per heavy atom. The van der Waals surface area contributed by atoms with Gasteiger partial charge in [-0.1, -0.05) is 103 Å². The minimum absolute atomic E-state index is 0.135. The fourth-order valence-corrected chi connectivity index (χ4v) is 5.36. The van der Waals surface area contributed by atoms with E-state index in [4.69, 9.17) is 9.47 Å². The predicted molar refractivity (Wildman–Crippen MR) is 141 cm³/mol. The normalized spacial score (nSPS) is 19.9. The summed E-state index contributed by atoms with van der Waals surface area (Å²) in [6.07, 6.45) is 5.74. The van der Waals surface area contributed by atoms with Gasteiger partial charge in [-0.3, -0.25) is 0 Å². The van der Waals surface area contributed by atoms with Crippen molar-refractivity contribution in [3.63, 3.8) is 0 Å². The Hall–Kier alpha value is -3.98. The maximum absolute atomic E-state index is 6.36. The summed E-state index contributed by atoms with van der Waals surface area (Å²) in [5.41, 5.74) is 5.94. The number of allylic oxidation sites excluding steroid dienone is 2. The first-order valence-corrected chi connectivity index (χ1v) is 12.4. The lowest BCUT2D eigenvalue weighted by molar-refractivity contribution is 0.294. The van der Waals surface area contributed by atoms with Gasteiger partial charge in [0.05, 0.1) is 11.7 Å². The summed E-state index contributed by atoms with van der Waals surface area (Å²) in [5, 5.41) is 3.88. The van der Waals surface area contributed by atoms with Gasteiger partial charge in [0, 0.05) is 11.5 Å². The maximum Gasteiger partial charge on any atom is 0.143 e. The summed E-state index contributed by atoms with van der Waals surface area (Å²) in [6.45, 7) is 1.10. The third-order valence-electron chi connectivity index (χ3n) is 7.09. The highest BCUT2D eigenvalue weighted by Crippen LogP contribution is 2.53. The minimum Gasteiger partial charge on any atom is -0.489 e. The summed E-state index contributed by atoms with van der Waals surface area (Å²) in [7, 11) is 0. The van der Waals surface area contributed by atoms with Crippen molar-refractivity contribution in [2.75, 3.05) is 5.32 Å². The van der Waals surface area contributed by atoms with E-state index in [1.165, 1.54) is 16.7 Å². The van der Waals surface area contributed by atoms with Gasteiger partial charge in [0.25, 0.3) is 0 Å². The van der Waals surface area contributed by atoms with Gasteiger partial charge in [-0.15, -0.1) is 0 Å². The van der Waals surface area contributed by atoms with Crippen LogP contribution < -0.4 is 14.8 Å². The maximum atomic E-state index is 6.36. The number of anilines is 1. The molecule has 0 fully saturated rings. The lowest BCUT2D eigenvalue weighted by Crippen LogP contribution is -2.29. The van der Waals surface area contributed by atoms with Crippen LogP contribution in [-0.2, 0) is 13.2 Å². The third-order valence-corrected chi connectivity index (χ3v) is 7.09. The zero-order valence-electron chi connectivity index (χ0n) is 19.6. The molecule has 3 unspecified atom stereocenters. The van der Waals surface area contributed by atoms with Crippen LogP contribution in [0.5, 0.6) is 11.5 Å². The van der Waals surface area contributed by atoms with E-state index in [0.717, 1.165) is 29.2 Å². The molecule has 4 aromatic rings. The van der Waals surface area contributed by atoms with Gasteiger partial charge in [0.2, 0.25) is 0 Å². The summed E-state index contributed by atoms with van der Waals surface area (Å²) in [6, 6.07) is 35.7. The van der Waals surface area contributed by atoms with Gasteiger partial charge in [-0.05, 0) is 41.2 Å². The average molecular weight is 460 g/mol. The Bertz CT molecular complexity index is 1320. The van der Waals surface area contributed by atoms with Crippen molar-refractivity contribution in [2.24, 2.45) is 5.92 Å². The standard InChI is InChI=1S/C32H29NO2/c1-3-11-23(12-4-1)21-34-29-19-8-7-15-28(29)31-26-17-9-16-25(26)27-18-10-20-30(32(27)33-31)35-22-24-13-5-2-6-14-24/h1-16,18-20,25-26,31,33H,17,21-22H2. The molecule has 35 heavy (non-hydrogen) atoms.